The van der Waals surface area contributed by atoms with Gasteiger partial charge in [-0.3, -0.25) is 4.79 Å². The largest absolute Gasteiger partial charge is 0.479 e. The van der Waals surface area contributed by atoms with E-state index in [0.717, 1.165) is 0 Å². The minimum Gasteiger partial charge on any atom is -0.479 e. The number of aliphatic hydroxyl groups excluding tert-OH is 3. The normalized spacial score (nSPS) is 29.8. The lowest BCUT2D eigenvalue weighted by molar-refractivity contribution is -0.300. The van der Waals surface area contributed by atoms with E-state index < -0.39 is 48.8 Å². The summed E-state index contributed by atoms with van der Waals surface area (Å²) in [7, 11) is 1.51. The summed E-state index contributed by atoms with van der Waals surface area (Å²) in [5.41, 5.74) is 2.08. The molecule has 2 aromatic rings. The highest BCUT2D eigenvalue weighted by Crippen LogP contribution is 2.32. The Morgan fingerprint density at radius 3 is 2.45 bits per heavy atom. The van der Waals surface area contributed by atoms with Crippen LogP contribution in [0.25, 0.3) is 0 Å². The number of hydrogen-bond donors (Lipinski definition) is 4. The van der Waals surface area contributed by atoms with Gasteiger partial charge in [0.1, 0.15) is 18.3 Å². The molecule has 1 fully saturated rings. The topological polar surface area (TPSA) is 149 Å². The summed E-state index contributed by atoms with van der Waals surface area (Å²) in [6.45, 7) is 0. The number of carboxylic acids is 1. The summed E-state index contributed by atoms with van der Waals surface area (Å²) in [5, 5.41) is 40.0. The van der Waals surface area contributed by atoms with Crippen LogP contribution in [-0.4, -0.2) is 82.0 Å². The zero-order valence-corrected chi connectivity index (χ0v) is 18.0. The van der Waals surface area contributed by atoms with Crippen molar-refractivity contribution in [1.29, 1.82) is 0 Å². The number of carbonyl (C=O) groups excluding carboxylic acids is 1. The van der Waals surface area contributed by atoms with Crippen molar-refractivity contribution in [3.8, 4) is 0 Å². The molecule has 0 saturated carbocycles. The maximum absolute atomic E-state index is 13.2. The SMILES string of the molecule is CN1C(=O)[C@H](O[C@H]2O[C@H](C(=O)O)[C@@H](O)[C@H](O)[C@H]2O)N=C(c2ccccc2)c2cc(Cl)ccc21. The molecule has 1 saturated heterocycles. The molecule has 10 nitrogen and oxygen atoms in total. The van der Waals surface area contributed by atoms with Gasteiger partial charge in [-0.15, -0.1) is 0 Å². The van der Waals surface area contributed by atoms with Gasteiger partial charge >= 0.3 is 5.97 Å². The molecule has 4 N–H and O–H groups in total. The monoisotopic (exact) mass is 476 g/mol. The third-order valence-corrected chi connectivity index (χ3v) is 5.72. The van der Waals surface area contributed by atoms with Crippen LogP contribution < -0.4 is 4.90 Å². The standard InChI is InChI=1S/C22H21ClN2O8/c1-25-13-8-7-11(23)9-12(13)14(10-5-3-2-4-6-10)24-19(20(25)29)33-22-17(28)15(26)16(27)18(32-22)21(30)31/h2-9,15-19,22,26-28H,1H3,(H,30,31)/t15-,16-,17+,18-,19-,22+/m0/s1. The molecule has 0 unspecified atom stereocenters. The highest BCUT2D eigenvalue weighted by atomic mass is 35.5. The number of aliphatic hydroxyl groups is 3. The number of carboxylic acid groups (broad SMARTS) is 1. The fourth-order valence-corrected chi connectivity index (χ4v) is 3.90. The van der Waals surface area contributed by atoms with Gasteiger partial charge in [-0.2, -0.15) is 0 Å². The molecule has 0 spiro atoms. The van der Waals surface area contributed by atoms with Crippen LogP contribution in [0.2, 0.25) is 5.02 Å². The highest BCUT2D eigenvalue weighted by molar-refractivity contribution is 6.32. The Labute approximate surface area is 193 Å². The Morgan fingerprint density at radius 2 is 1.79 bits per heavy atom. The number of carbonyl (C=O) groups is 2. The van der Waals surface area contributed by atoms with E-state index in [2.05, 4.69) is 4.99 Å². The summed E-state index contributed by atoms with van der Waals surface area (Å²) in [6, 6.07) is 13.9. The highest BCUT2D eigenvalue weighted by Gasteiger charge is 2.49. The first-order valence-corrected chi connectivity index (χ1v) is 10.4. The lowest BCUT2D eigenvalue weighted by atomic mass is 9.99. The molecule has 2 aromatic carbocycles. The summed E-state index contributed by atoms with van der Waals surface area (Å²) in [6.07, 6.45) is -10.8. The zero-order valence-electron chi connectivity index (χ0n) is 17.3. The zero-order chi connectivity index (χ0) is 23.9. The second-order valence-electron chi connectivity index (χ2n) is 7.63. The van der Waals surface area contributed by atoms with Crippen molar-refractivity contribution in [2.24, 2.45) is 4.99 Å². The fourth-order valence-electron chi connectivity index (χ4n) is 3.72. The van der Waals surface area contributed by atoms with Crippen molar-refractivity contribution >= 4 is 34.9 Å². The third-order valence-electron chi connectivity index (χ3n) is 5.49. The van der Waals surface area contributed by atoms with E-state index in [1.807, 2.05) is 6.07 Å². The maximum atomic E-state index is 13.2. The van der Waals surface area contributed by atoms with Crippen LogP contribution in [0.3, 0.4) is 0 Å². The van der Waals surface area contributed by atoms with Gasteiger partial charge in [-0.25, -0.2) is 9.79 Å². The number of benzodiazepines with no additional fused rings is 1. The average molecular weight is 477 g/mol. The number of fused-ring (bicyclic) bond motifs is 1. The molecule has 4 rings (SSSR count). The van der Waals surface area contributed by atoms with Gasteiger partial charge in [0.25, 0.3) is 5.91 Å². The van der Waals surface area contributed by atoms with Crippen molar-refractivity contribution in [3.05, 3.63) is 64.7 Å². The van der Waals surface area contributed by atoms with E-state index in [9.17, 15) is 30.0 Å². The van der Waals surface area contributed by atoms with Gasteiger partial charge in [0.15, 0.2) is 12.4 Å². The number of aliphatic carboxylic acids is 1. The van der Waals surface area contributed by atoms with Gasteiger partial charge in [-0.05, 0) is 18.2 Å². The molecular weight excluding hydrogens is 456 g/mol. The molecule has 174 valence electrons. The minimum atomic E-state index is -1.89. The third kappa shape index (κ3) is 4.36. The van der Waals surface area contributed by atoms with E-state index in [0.29, 0.717) is 27.5 Å². The first-order chi connectivity index (χ1) is 15.7. The molecule has 2 aliphatic heterocycles. The van der Waals surface area contributed by atoms with Crippen molar-refractivity contribution < 1.29 is 39.5 Å². The Morgan fingerprint density at radius 1 is 1.09 bits per heavy atom. The lowest BCUT2D eigenvalue weighted by Crippen LogP contribution is -2.61. The Bertz CT molecular complexity index is 1100. The molecule has 0 aliphatic carbocycles. The van der Waals surface area contributed by atoms with Crippen LogP contribution in [0.1, 0.15) is 11.1 Å². The fraction of sp³-hybridized carbons (Fsp3) is 0.318. The first kappa shape index (κ1) is 23.3. The van der Waals surface area contributed by atoms with Crippen molar-refractivity contribution in [2.45, 2.75) is 36.9 Å². The van der Waals surface area contributed by atoms with E-state index >= 15 is 0 Å². The summed E-state index contributed by atoms with van der Waals surface area (Å²) in [4.78, 5) is 30.4. The summed E-state index contributed by atoms with van der Waals surface area (Å²) < 4.78 is 10.8. The van der Waals surface area contributed by atoms with Crippen LogP contribution in [0.4, 0.5) is 5.69 Å². The molecule has 2 heterocycles. The maximum Gasteiger partial charge on any atom is 0.335 e. The van der Waals surface area contributed by atoms with E-state index in [1.165, 1.54) is 11.9 Å². The number of ether oxygens (including phenoxy) is 2. The van der Waals surface area contributed by atoms with Crippen LogP contribution in [0.5, 0.6) is 0 Å². The number of likely N-dealkylation sites (N-methyl/N-ethyl adjacent to an activating group) is 1. The number of halogens is 1. The van der Waals surface area contributed by atoms with Crippen LogP contribution in [0.15, 0.2) is 53.5 Å². The number of nitrogens with zero attached hydrogens (tertiary/aromatic N) is 2. The van der Waals surface area contributed by atoms with E-state index in [-0.39, 0.29) is 0 Å². The first-order valence-electron chi connectivity index (χ1n) is 9.97. The molecule has 2 aliphatic rings. The number of benzene rings is 2. The predicted molar refractivity (Wildman–Crippen MR) is 116 cm³/mol. The van der Waals surface area contributed by atoms with Gasteiger partial charge in [0.2, 0.25) is 6.23 Å². The summed E-state index contributed by atoms with van der Waals surface area (Å²) in [5.74, 6) is -2.20. The second kappa shape index (κ2) is 9.18. The molecule has 0 radical (unpaired) electrons. The lowest BCUT2D eigenvalue weighted by Gasteiger charge is -2.39. The Hall–Kier alpha value is -2.86. The number of aliphatic imine (C=N–C) groups is 1. The van der Waals surface area contributed by atoms with E-state index in [4.69, 9.17) is 21.1 Å². The van der Waals surface area contributed by atoms with Gasteiger partial charge in [-0.1, -0.05) is 41.9 Å². The quantitative estimate of drug-likeness (QED) is 0.495. The van der Waals surface area contributed by atoms with Crippen molar-refractivity contribution in [3.63, 3.8) is 0 Å². The second-order valence-corrected chi connectivity index (χ2v) is 8.06. The molecule has 11 heteroatoms. The molecule has 33 heavy (non-hydrogen) atoms. The van der Waals surface area contributed by atoms with Gasteiger partial charge in [0.05, 0.1) is 11.4 Å². The number of hydrogen-bond acceptors (Lipinski definition) is 8. The van der Waals surface area contributed by atoms with Crippen molar-refractivity contribution in [1.82, 2.24) is 0 Å². The van der Waals surface area contributed by atoms with Crippen LogP contribution >= 0.6 is 11.6 Å². The smallest absolute Gasteiger partial charge is 0.335 e. The molecule has 6 atom stereocenters. The van der Waals surface area contributed by atoms with E-state index in [1.54, 1.807) is 42.5 Å². The number of anilines is 1. The number of rotatable bonds is 4. The van der Waals surface area contributed by atoms with Gasteiger partial charge in [0, 0.05) is 23.2 Å². The molecule has 0 bridgehead atoms. The molecule has 0 aromatic heterocycles. The Kier molecular flexibility index (Phi) is 6.48. The molecule has 1 amide bonds. The van der Waals surface area contributed by atoms with Crippen LogP contribution in [0, 0.1) is 0 Å². The predicted octanol–water partition coefficient (Wildman–Crippen LogP) is 0.389. The summed E-state index contributed by atoms with van der Waals surface area (Å²) >= 11 is 6.20. The van der Waals surface area contributed by atoms with Gasteiger partial charge < -0.3 is 34.8 Å². The average Bonchev–Trinajstić information content (AvgIpc) is 2.90. The Balaban J connectivity index is 1.76. The van der Waals surface area contributed by atoms with Crippen LogP contribution in [-0.2, 0) is 19.1 Å². The minimum absolute atomic E-state index is 0.372. The van der Waals surface area contributed by atoms with Crippen molar-refractivity contribution in [2.75, 3.05) is 11.9 Å². The number of amides is 1. The molecular formula is C22H21ClN2O8.